The lowest BCUT2D eigenvalue weighted by molar-refractivity contribution is -0.0644. The third kappa shape index (κ3) is 4.00. The van der Waals surface area contributed by atoms with Crippen molar-refractivity contribution < 1.29 is 19.0 Å². The van der Waals surface area contributed by atoms with Gasteiger partial charge in [-0.15, -0.1) is 0 Å². The predicted octanol–water partition coefficient (Wildman–Crippen LogP) is 3.13. The van der Waals surface area contributed by atoms with E-state index in [0.717, 1.165) is 0 Å². The average Bonchev–Trinajstić information content (AvgIpc) is 2.64. The van der Waals surface area contributed by atoms with Gasteiger partial charge in [0.15, 0.2) is 5.78 Å². The second-order valence-electron chi connectivity index (χ2n) is 7.13. The Morgan fingerprint density at radius 1 is 1.30 bits per heavy atom. The van der Waals surface area contributed by atoms with Gasteiger partial charge in [0.1, 0.15) is 23.3 Å². The number of nitrogens with zero attached hydrogens (tertiary/aromatic N) is 1. The molecule has 0 saturated carbocycles. The molecule has 27 heavy (non-hydrogen) atoms. The summed E-state index contributed by atoms with van der Waals surface area (Å²) >= 11 is 0. The van der Waals surface area contributed by atoms with Gasteiger partial charge in [-0.25, -0.2) is 4.39 Å². The largest absolute Gasteiger partial charge is 0.485 e. The Hall–Kier alpha value is -2.75. The monoisotopic (exact) mass is 368 g/mol. The lowest BCUT2D eigenvalue weighted by atomic mass is 9.86. The molecule has 0 bridgehead atoms. The van der Waals surface area contributed by atoms with Gasteiger partial charge in [-0.05, 0) is 56.3 Å². The predicted molar refractivity (Wildman–Crippen MR) is 98.0 cm³/mol. The van der Waals surface area contributed by atoms with Crippen LogP contribution in [0.4, 0.5) is 4.39 Å². The first kappa shape index (κ1) is 19.0. The summed E-state index contributed by atoms with van der Waals surface area (Å²) < 4.78 is 18.8. The summed E-state index contributed by atoms with van der Waals surface area (Å²) in [6.07, 6.45) is -0.663. The standard InChI is InChI=1S/C21H21FN2O3/c1-21(2)20(26)19(16-11-13(12-23)3-8-18(16)27-21)24-10-9-17(25)14-4-6-15(22)7-5-14/h3-8,11,19-20,24,26H,9-10H2,1-2H3/t19-,20+/m1/s1. The number of rotatable bonds is 5. The molecule has 1 aliphatic rings. The van der Waals surface area contributed by atoms with Crippen molar-refractivity contribution in [1.82, 2.24) is 5.32 Å². The molecular formula is C21H21FN2O3. The molecule has 0 spiro atoms. The highest BCUT2D eigenvalue weighted by molar-refractivity contribution is 5.96. The Bertz CT molecular complexity index is 887. The number of nitrogens with one attached hydrogen (secondary N) is 1. The molecule has 0 fully saturated rings. The molecule has 0 aromatic heterocycles. The number of ketones is 1. The molecule has 0 radical (unpaired) electrons. The van der Waals surface area contributed by atoms with Gasteiger partial charge in [0, 0.05) is 24.1 Å². The SMILES string of the molecule is CC1(C)Oc2ccc(C#N)cc2[C@@H](NCCC(=O)c2ccc(F)cc2)[C@@H]1O. The van der Waals surface area contributed by atoms with Gasteiger partial charge in [-0.2, -0.15) is 5.26 Å². The number of fused-ring (bicyclic) bond motifs is 1. The maximum Gasteiger partial charge on any atom is 0.164 e. The van der Waals surface area contributed by atoms with Gasteiger partial charge >= 0.3 is 0 Å². The first-order valence-electron chi connectivity index (χ1n) is 8.75. The third-order valence-electron chi connectivity index (χ3n) is 4.76. The van der Waals surface area contributed by atoms with Gasteiger partial charge in [-0.3, -0.25) is 4.79 Å². The van der Waals surface area contributed by atoms with E-state index in [0.29, 0.717) is 29.0 Å². The molecule has 0 amide bonds. The summed E-state index contributed by atoms with van der Waals surface area (Å²) in [4.78, 5) is 12.3. The molecule has 1 heterocycles. The fraction of sp³-hybridized carbons (Fsp3) is 0.333. The van der Waals surface area contributed by atoms with Gasteiger partial charge in [0.25, 0.3) is 0 Å². The summed E-state index contributed by atoms with van der Waals surface area (Å²) in [5.74, 6) is 0.100. The minimum Gasteiger partial charge on any atom is -0.485 e. The Balaban J connectivity index is 1.74. The van der Waals surface area contributed by atoms with Crippen LogP contribution in [-0.4, -0.2) is 29.1 Å². The van der Waals surface area contributed by atoms with Crippen molar-refractivity contribution in [3.8, 4) is 11.8 Å². The number of aliphatic hydroxyl groups is 1. The minimum atomic E-state index is -0.861. The van der Waals surface area contributed by atoms with Gasteiger partial charge in [0.2, 0.25) is 0 Å². The van der Waals surface area contributed by atoms with Crippen LogP contribution in [-0.2, 0) is 0 Å². The van der Waals surface area contributed by atoms with Crippen molar-refractivity contribution >= 4 is 5.78 Å². The number of benzene rings is 2. The maximum atomic E-state index is 13.0. The van der Waals surface area contributed by atoms with Crippen LogP contribution >= 0.6 is 0 Å². The van der Waals surface area contributed by atoms with Gasteiger partial charge < -0.3 is 15.2 Å². The zero-order valence-corrected chi connectivity index (χ0v) is 15.2. The average molecular weight is 368 g/mol. The number of carbonyl (C=O) groups excluding carboxylic acids is 1. The molecule has 0 aliphatic carbocycles. The van der Waals surface area contributed by atoms with Crippen LogP contribution in [0.25, 0.3) is 0 Å². The minimum absolute atomic E-state index is 0.116. The number of hydrogen-bond acceptors (Lipinski definition) is 5. The highest BCUT2D eigenvalue weighted by Crippen LogP contribution is 2.40. The van der Waals surface area contributed by atoms with Crippen LogP contribution in [0.3, 0.4) is 0 Å². The first-order valence-corrected chi connectivity index (χ1v) is 8.75. The summed E-state index contributed by atoms with van der Waals surface area (Å²) in [6, 6.07) is 12.1. The Labute approximate surface area is 157 Å². The van der Waals surface area contributed by atoms with E-state index >= 15 is 0 Å². The molecule has 6 heteroatoms. The second kappa shape index (κ2) is 7.47. The van der Waals surface area contributed by atoms with Crippen LogP contribution in [0.2, 0.25) is 0 Å². The van der Waals surface area contributed by atoms with Crippen LogP contribution in [0.15, 0.2) is 42.5 Å². The zero-order chi connectivity index (χ0) is 19.6. The smallest absolute Gasteiger partial charge is 0.164 e. The van der Waals surface area contributed by atoms with Crippen molar-refractivity contribution in [2.75, 3.05) is 6.54 Å². The summed E-state index contributed by atoms with van der Waals surface area (Å²) in [6.45, 7) is 3.90. The molecular weight excluding hydrogens is 347 g/mol. The Morgan fingerprint density at radius 3 is 2.67 bits per heavy atom. The molecule has 2 aromatic rings. The van der Waals surface area contributed by atoms with Crippen molar-refractivity contribution in [1.29, 1.82) is 5.26 Å². The van der Waals surface area contributed by atoms with Crippen molar-refractivity contribution in [3.05, 3.63) is 65.0 Å². The number of Topliss-reactive ketones (excluding diaryl/α,β-unsaturated/α-hetero) is 1. The van der Waals surface area contributed by atoms with Crippen molar-refractivity contribution in [3.63, 3.8) is 0 Å². The molecule has 0 saturated heterocycles. The number of ether oxygens (including phenoxy) is 1. The number of halogens is 1. The third-order valence-corrected chi connectivity index (χ3v) is 4.76. The number of nitriles is 1. The Kier molecular flexibility index (Phi) is 5.26. The number of hydrogen-bond donors (Lipinski definition) is 2. The van der Waals surface area contributed by atoms with E-state index in [1.165, 1.54) is 24.3 Å². The summed E-state index contributed by atoms with van der Waals surface area (Å²) in [5.41, 5.74) is 0.784. The molecule has 0 unspecified atom stereocenters. The highest BCUT2D eigenvalue weighted by Gasteiger charge is 2.42. The normalized spacial score (nSPS) is 20.3. The molecule has 3 rings (SSSR count). The maximum absolute atomic E-state index is 13.0. The summed E-state index contributed by atoms with van der Waals surface area (Å²) in [7, 11) is 0. The Morgan fingerprint density at radius 2 is 2.00 bits per heavy atom. The molecule has 5 nitrogen and oxygen atoms in total. The van der Waals surface area contributed by atoms with E-state index in [1.54, 1.807) is 32.0 Å². The van der Waals surface area contributed by atoms with E-state index in [-0.39, 0.29) is 18.0 Å². The van der Waals surface area contributed by atoms with E-state index in [1.807, 2.05) is 0 Å². The lowest BCUT2D eigenvalue weighted by Crippen LogP contribution is -2.52. The molecule has 2 aromatic carbocycles. The number of carbonyl (C=O) groups is 1. The van der Waals surface area contributed by atoms with Crippen LogP contribution in [0.5, 0.6) is 5.75 Å². The van der Waals surface area contributed by atoms with Gasteiger partial charge in [-0.1, -0.05) is 0 Å². The number of aliphatic hydroxyl groups excluding tert-OH is 1. The molecule has 140 valence electrons. The second-order valence-corrected chi connectivity index (χ2v) is 7.13. The summed E-state index contributed by atoms with van der Waals surface area (Å²) in [5, 5.41) is 23.1. The molecule has 1 aliphatic heterocycles. The van der Waals surface area contributed by atoms with E-state index in [2.05, 4.69) is 11.4 Å². The fourth-order valence-electron chi connectivity index (χ4n) is 3.21. The fourth-order valence-corrected chi connectivity index (χ4v) is 3.21. The van der Waals surface area contributed by atoms with E-state index in [4.69, 9.17) is 10.00 Å². The zero-order valence-electron chi connectivity index (χ0n) is 15.2. The topological polar surface area (TPSA) is 82.3 Å². The quantitative estimate of drug-likeness (QED) is 0.793. The van der Waals surface area contributed by atoms with E-state index in [9.17, 15) is 14.3 Å². The van der Waals surface area contributed by atoms with E-state index < -0.39 is 17.7 Å². The lowest BCUT2D eigenvalue weighted by Gasteiger charge is -2.42. The molecule has 2 N–H and O–H groups in total. The van der Waals surface area contributed by atoms with Crippen molar-refractivity contribution in [2.24, 2.45) is 0 Å². The van der Waals surface area contributed by atoms with Gasteiger partial charge in [0.05, 0.1) is 17.7 Å². The first-order chi connectivity index (χ1) is 12.8. The van der Waals surface area contributed by atoms with Crippen LogP contribution < -0.4 is 10.1 Å². The van der Waals surface area contributed by atoms with Crippen molar-refractivity contribution in [2.45, 2.75) is 38.0 Å². The van der Waals surface area contributed by atoms with Crippen LogP contribution in [0.1, 0.15) is 47.8 Å². The van der Waals surface area contributed by atoms with Crippen LogP contribution in [0, 0.1) is 17.1 Å². The molecule has 2 atom stereocenters. The highest BCUT2D eigenvalue weighted by atomic mass is 19.1.